The largest absolute Gasteiger partial charge is 0.331 e. The van der Waals surface area contributed by atoms with Gasteiger partial charge in [0.25, 0.3) is 0 Å². The fourth-order valence-corrected chi connectivity index (χ4v) is 1.50. The number of nitrogens with zero attached hydrogens (tertiary/aromatic N) is 2. The number of pyridine rings is 1. The molecule has 0 unspecified atom stereocenters. The van der Waals surface area contributed by atoms with Gasteiger partial charge >= 0.3 is 0 Å². The third-order valence-corrected chi connectivity index (χ3v) is 2.16. The molecular weight excluding hydrogens is 186 g/mol. The standard InChI is InChI=1S/C9H10ClN3/c10-8-2-1-7-3-5-13(6-4-11)9(7)12-8/h1-3,5H,4,6,11H2. The highest BCUT2D eigenvalue weighted by Gasteiger charge is 2.01. The lowest BCUT2D eigenvalue weighted by molar-refractivity contribution is 0.728. The van der Waals surface area contributed by atoms with Gasteiger partial charge in [-0.05, 0) is 18.2 Å². The Morgan fingerprint density at radius 1 is 1.38 bits per heavy atom. The summed E-state index contributed by atoms with van der Waals surface area (Å²) in [4.78, 5) is 4.23. The van der Waals surface area contributed by atoms with Crippen molar-refractivity contribution < 1.29 is 0 Å². The molecule has 0 aromatic carbocycles. The van der Waals surface area contributed by atoms with Gasteiger partial charge in [0.1, 0.15) is 10.8 Å². The molecule has 2 aromatic rings. The van der Waals surface area contributed by atoms with Gasteiger partial charge in [-0.2, -0.15) is 0 Å². The minimum Gasteiger partial charge on any atom is -0.331 e. The maximum atomic E-state index is 5.79. The number of rotatable bonds is 2. The van der Waals surface area contributed by atoms with Crippen LogP contribution in [0.3, 0.4) is 0 Å². The molecule has 0 radical (unpaired) electrons. The molecule has 2 N–H and O–H groups in total. The SMILES string of the molecule is NCCn1ccc2ccc(Cl)nc21. The van der Waals surface area contributed by atoms with E-state index in [1.54, 1.807) is 6.07 Å². The second-order valence-electron chi connectivity index (χ2n) is 2.84. The first-order valence-electron chi connectivity index (χ1n) is 4.13. The molecule has 0 saturated heterocycles. The zero-order chi connectivity index (χ0) is 9.26. The molecule has 13 heavy (non-hydrogen) atoms. The monoisotopic (exact) mass is 195 g/mol. The average molecular weight is 196 g/mol. The van der Waals surface area contributed by atoms with Crippen LogP contribution >= 0.6 is 11.6 Å². The second-order valence-corrected chi connectivity index (χ2v) is 3.23. The summed E-state index contributed by atoms with van der Waals surface area (Å²) in [6.45, 7) is 1.38. The van der Waals surface area contributed by atoms with Crippen LogP contribution in [-0.2, 0) is 6.54 Å². The number of hydrogen-bond acceptors (Lipinski definition) is 2. The summed E-state index contributed by atoms with van der Waals surface area (Å²) in [5.74, 6) is 0. The zero-order valence-corrected chi connectivity index (χ0v) is 7.83. The van der Waals surface area contributed by atoms with E-state index in [4.69, 9.17) is 17.3 Å². The van der Waals surface area contributed by atoms with Gasteiger partial charge in [-0.3, -0.25) is 0 Å². The molecule has 68 valence electrons. The van der Waals surface area contributed by atoms with Crippen molar-refractivity contribution in [1.29, 1.82) is 0 Å². The summed E-state index contributed by atoms with van der Waals surface area (Å²) in [5, 5.41) is 1.61. The van der Waals surface area contributed by atoms with Crippen LogP contribution in [-0.4, -0.2) is 16.1 Å². The Morgan fingerprint density at radius 3 is 3.00 bits per heavy atom. The van der Waals surface area contributed by atoms with Gasteiger partial charge in [-0.25, -0.2) is 4.98 Å². The zero-order valence-electron chi connectivity index (χ0n) is 7.07. The van der Waals surface area contributed by atoms with Gasteiger partial charge in [0, 0.05) is 24.7 Å². The van der Waals surface area contributed by atoms with E-state index in [0.717, 1.165) is 17.6 Å². The van der Waals surface area contributed by atoms with Gasteiger partial charge < -0.3 is 10.3 Å². The molecule has 2 aromatic heterocycles. The highest BCUT2D eigenvalue weighted by Crippen LogP contribution is 2.16. The summed E-state index contributed by atoms with van der Waals surface area (Å²) in [6.07, 6.45) is 1.97. The molecule has 3 nitrogen and oxygen atoms in total. The third-order valence-electron chi connectivity index (χ3n) is 1.95. The van der Waals surface area contributed by atoms with E-state index in [9.17, 15) is 0 Å². The summed E-state index contributed by atoms with van der Waals surface area (Å²) in [7, 11) is 0. The van der Waals surface area contributed by atoms with E-state index in [0.29, 0.717) is 11.7 Å². The van der Waals surface area contributed by atoms with Crippen LogP contribution in [0, 0.1) is 0 Å². The van der Waals surface area contributed by atoms with E-state index >= 15 is 0 Å². The van der Waals surface area contributed by atoms with Crippen LogP contribution in [0.15, 0.2) is 24.4 Å². The molecule has 2 heterocycles. The Bertz CT molecular complexity index is 422. The molecule has 0 bridgehead atoms. The molecule has 4 heteroatoms. The predicted octanol–water partition coefficient (Wildman–Crippen LogP) is 1.65. The van der Waals surface area contributed by atoms with Gasteiger partial charge in [0.2, 0.25) is 0 Å². The van der Waals surface area contributed by atoms with Crippen molar-refractivity contribution in [2.24, 2.45) is 5.73 Å². The molecule has 0 aliphatic carbocycles. The fourth-order valence-electron chi connectivity index (χ4n) is 1.36. The first-order chi connectivity index (χ1) is 6.31. The van der Waals surface area contributed by atoms with Crippen molar-refractivity contribution in [3.8, 4) is 0 Å². The van der Waals surface area contributed by atoms with Crippen molar-refractivity contribution >= 4 is 22.6 Å². The minimum atomic E-state index is 0.518. The van der Waals surface area contributed by atoms with Crippen molar-refractivity contribution in [3.05, 3.63) is 29.5 Å². The first kappa shape index (κ1) is 8.53. The lowest BCUT2D eigenvalue weighted by Crippen LogP contribution is -2.09. The Hall–Kier alpha value is -1.06. The number of nitrogens with two attached hydrogens (primary N) is 1. The van der Waals surface area contributed by atoms with Crippen molar-refractivity contribution in [1.82, 2.24) is 9.55 Å². The van der Waals surface area contributed by atoms with E-state index < -0.39 is 0 Å². The number of fused-ring (bicyclic) bond motifs is 1. The van der Waals surface area contributed by atoms with Gasteiger partial charge in [0.05, 0.1) is 0 Å². The lowest BCUT2D eigenvalue weighted by atomic mass is 10.3. The van der Waals surface area contributed by atoms with Crippen LogP contribution in [0.25, 0.3) is 11.0 Å². The highest BCUT2D eigenvalue weighted by molar-refractivity contribution is 6.29. The van der Waals surface area contributed by atoms with Crippen molar-refractivity contribution in [3.63, 3.8) is 0 Å². The fraction of sp³-hybridized carbons (Fsp3) is 0.222. The number of aromatic nitrogens is 2. The quantitative estimate of drug-likeness (QED) is 0.741. The average Bonchev–Trinajstić information content (AvgIpc) is 2.49. The Labute approximate surface area is 81.1 Å². The van der Waals surface area contributed by atoms with Gasteiger partial charge in [-0.1, -0.05) is 11.6 Å². The van der Waals surface area contributed by atoms with Crippen molar-refractivity contribution in [2.45, 2.75) is 6.54 Å². The summed E-state index contributed by atoms with van der Waals surface area (Å²) in [6, 6.07) is 5.75. The maximum absolute atomic E-state index is 5.79. The molecule has 0 fully saturated rings. The summed E-state index contributed by atoms with van der Waals surface area (Å²) in [5.41, 5.74) is 6.37. The minimum absolute atomic E-state index is 0.518. The topological polar surface area (TPSA) is 43.8 Å². The van der Waals surface area contributed by atoms with Crippen LogP contribution < -0.4 is 5.73 Å². The maximum Gasteiger partial charge on any atom is 0.141 e. The van der Waals surface area contributed by atoms with E-state index in [1.165, 1.54) is 0 Å². The highest BCUT2D eigenvalue weighted by atomic mass is 35.5. The molecule has 0 amide bonds. The number of halogens is 1. The normalized spacial score (nSPS) is 10.9. The third kappa shape index (κ3) is 1.53. The van der Waals surface area contributed by atoms with E-state index in [-0.39, 0.29) is 0 Å². The molecule has 0 atom stereocenters. The smallest absolute Gasteiger partial charge is 0.141 e. The Morgan fingerprint density at radius 2 is 2.23 bits per heavy atom. The predicted molar refractivity (Wildman–Crippen MR) is 53.8 cm³/mol. The molecular formula is C9H10ClN3. The Balaban J connectivity index is 2.58. The van der Waals surface area contributed by atoms with Crippen LogP contribution in [0.2, 0.25) is 5.15 Å². The Kier molecular flexibility index (Phi) is 2.20. The first-order valence-corrected chi connectivity index (χ1v) is 4.50. The van der Waals surface area contributed by atoms with Crippen LogP contribution in [0.5, 0.6) is 0 Å². The van der Waals surface area contributed by atoms with Crippen LogP contribution in [0.4, 0.5) is 0 Å². The van der Waals surface area contributed by atoms with E-state index in [1.807, 2.05) is 22.9 Å². The lowest BCUT2D eigenvalue weighted by Gasteiger charge is -2.01. The van der Waals surface area contributed by atoms with Crippen molar-refractivity contribution in [2.75, 3.05) is 6.54 Å². The second kappa shape index (κ2) is 3.36. The summed E-state index contributed by atoms with van der Waals surface area (Å²) < 4.78 is 2.00. The molecule has 0 spiro atoms. The van der Waals surface area contributed by atoms with Crippen LogP contribution in [0.1, 0.15) is 0 Å². The van der Waals surface area contributed by atoms with Gasteiger partial charge in [0.15, 0.2) is 0 Å². The number of hydrogen-bond donors (Lipinski definition) is 1. The summed E-state index contributed by atoms with van der Waals surface area (Å²) >= 11 is 5.79. The van der Waals surface area contributed by atoms with E-state index in [2.05, 4.69) is 4.98 Å². The molecule has 0 saturated carbocycles. The molecule has 0 aliphatic rings. The molecule has 2 rings (SSSR count). The molecule has 0 aliphatic heterocycles. The van der Waals surface area contributed by atoms with Gasteiger partial charge in [-0.15, -0.1) is 0 Å².